The molecule has 0 bridgehead atoms. The van der Waals surface area contributed by atoms with Gasteiger partial charge in [0.1, 0.15) is 12.3 Å². The minimum Gasteiger partial charge on any atom is -0.467 e. The number of hydrogen-bond donors (Lipinski definition) is 3. The maximum atomic E-state index is 12.7. The molecule has 8 nitrogen and oxygen atoms in total. The van der Waals surface area contributed by atoms with E-state index in [4.69, 9.17) is 26.5 Å². The van der Waals surface area contributed by atoms with Crippen LogP contribution in [0.3, 0.4) is 0 Å². The fourth-order valence-corrected chi connectivity index (χ4v) is 3.74. The number of nitrogens with one attached hydrogen (secondary N) is 2. The molecule has 2 aromatic heterocycles. The molecule has 0 aliphatic carbocycles. The first-order chi connectivity index (χ1) is 15.9. The summed E-state index contributed by atoms with van der Waals surface area (Å²) in [7, 11) is 1.27. The van der Waals surface area contributed by atoms with Crippen molar-refractivity contribution in [3.8, 4) is 0 Å². The van der Waals surface area contributed by atoms with Crippen LogP contribution in [-0.4, -0.2) is 35.0 Å². The van der Waals surface area contributed by atoms with Crippen molar-refractivity contribution >= 4 is 34.4 Å². The average molecular weight is 467 g/mol. The summed E-state index contributed by atoms with van der Waals surface area (Å²) in [6.45, 7) is 0. The molecular formula is C24H23ClN4O4. The van der Waals surface area contributed by atoms with Gasteiger partial charge >= 0.3 is 5.97 Å². The predicted molar refractivity (Wildman–Crippen MR) is 124 cm³/mol. The minimum atomic E-state index is -0.899. The molecule has 0 radical (unpaired) electrons. The first kappa shape index (κ1) is 22.6. The van der Waals surface area contributed by atoms with E-state index in [1.54, 1.807) is 24.3 Å². The number of amides is 1. The maximum Gasteiger partial charge on any atom is 0.328 e. The van der Waals surface area contributed by atoms with Gasteiger partial charge in [0, 0.05) is 28.5 Å². The van der Waals surface area contributed by atoms with Crippen molar-refractivity contribution in [2.75, 3.05) is 7.11 Å². The van der Waals surface area contributed by atoms with Crippen molar-refractivity contribution in [3.05, 3.63) is 88.7 Å². The number of aromatic amines is 1. The molecule has 0 saturated carbocycles. The summed E-state index contributed by atoms with van der Waals surface area (Å²) < 4.78 is 10.3. The fraction of sp³-hybridized carbons (Fsp3) is 0.208. The molecule has 33 heavy (non-hydrogen) atoms. The van der Waals surface area contributed by atoms with Crippen LogP contribution in [0.2, 0.25) is 5.02 Å². The van der Waals surface area contributed by atoms with E-state index in [1.807, 2.05) is 30.5 Å². The molecule has 4 rings (SSSR count). The van der Waals surface area contributed by atoms with E-state index >= 15 is 0 Å². The highest BCUT2D eigenvalue weighted by atomic mass is 35.5. The number of methoxy groups -OCH3 is 1. The minimum absolute atomic E-state index is 0.0318. The number of carbonyl (C=O) groups is 2. The molecule has 2 heterocycles. The Bertz CT molecular complexity index is 1260. The second kappa shape index (κ2) is 9.89. The lowest BCUT2D eigenvalue weighted by Gasteiger charge is -2.16. The Morgan fingerprint density at radius 2 is 1.94 bits per heavy atom. The van der Waals surface area contributed by atoms with E-state index < -0.39 is 24.0 Å². The van der Waals surface area contributed by atoms with Crippen LogP contribution in [0.5, 0.6) is 0 Å². The standard InChI is InChI=1S/C24H23ClN4O4/c1-32-24(31)20(10-14-6-8-16(25)9-7-14)28-22(30)21-13-33-23(29-21)18(26)11-15-12-27-19-5-3-2-4-17(15)19/h2-9,12-13,18,20,27H,10-11,26H2,1H3,(H,28,30). The van der Waals surface area contributed by atoms with Gasteiger partial charge in [-0.15, -0.1) is 0 Å². The van der Waals surface area contributed by atoms with Crippen molar-refractivity contribution in [2.24, 2.45) is 5.73 Å². The molecule has 0 saturated heterocycles. The number of fused-ring (bicyclic) bond motifs is 1. The van der Waals surface area contributed by atoms with Crippen LogP contribution in [0.15, 0.2) is 65.4 Å². The smallest absolute Gasteiger partial charge is 0.328 e. The van der Waals surface area contributed by atoms with Crippen LogP contribution in [0, 0.1) is 0 Å². The van der Waals surface area contributed by atoms with Gasteiger partial charge in [0.15, 0.2) is 5.69 Å². The van der Waals surface area contributed by atoms with E-state index in [1.165, 1.54) is 13.4 Å². The summed E-state index contributed by atoms with van der Waals surface area (Å²) in [5, 5.41) is 4.30. The van der Waals surface area contributed by atoms with Gasteiger partial charge in [-0.25, -0.2) is 9.78 Å². The van der Waals surface area contributed by atoms with Crippen LogP contribution >= 0.6 is 11.6 Å². The van der Waals surface area contributed by atoms with Gasteiger partial charge in [-0.2, -0.15) is 0 Å². The number of oxazole rings is 1. The van der Waals surface area contributed by atoms with E-state index in [9.17, 15) is 9.59 Å². The van der Waals surface area contributed by atoms with E-state index in [-0.39, 0.29) is 18.0 Å². The number of para-hydroxylation sites is 1. The number of nitrogens with zero attached hydrogens (tertiary/aromatic N) is 1. The highest BCUT2D eigenvalue weighted by Crippen LogP contribution is 2.23. The monoisotopic (exact) mass is 466 g/mol. The molecule has 4 aromatic rings. The van der Waals surface area contributed by atoms with Crippen LogP contribution in [0.4, 0.5) is 0 Å². The molecule has 0 aliphatic heterocycles. The van der Waals surface area contributed by atoms with Crippen LogP contribution < -0.4 is 11.1 Å². The zero-order valence-corrected chi connectivity index (χ0v) is 18.6. The maximum absolute atomic E-state index is 12.7. The van der Waals surface area contributed by atoms with Crippen LogP contribution in [-0.2, 0) is 22.4 Å². The lowest BCUT2D eigenvalue weighted by molar-refractivity contribution is -0.142. The SMILES string of the molecule is COC(=O)C(Cc1ccc(Cl)cc1)NC(=O)c1coc(C(N)Cc2c[nH]c3ccccc23)n1. The molecule has 4 N–H and O–H groups in total. The fourth-order valence-electron chi connectivity index (χ4n) is 3.61. The van der Waals surface area contributed by atoms with Gasteiger partial charge in [-0.05, 0) is 35.7 Å². The first-order valence-electron chi connectivity index (χ1n) is 10.3. The number of H-pyrrole nitrogens is 1. The van der Waals surface area contributed by atoms with Crippen molar-refractivity contribution < 1.29 is 18.7 Å². The molecule has 2 atom stereocenters. The van der Waals surface area contributed by atoms with Crippen LogP contribution in [0.1, 0.15) is 33.5 Å². The van der Waals surface area contributed by atoms with Crippen molar-refractivity contribution in [3.63, 3.8) is 0 Å². The van der Waals surface area contributed by atoms with Gasteiger partial charge in [-0.1, -0.05) is 41.9 Å². The Morgan fingerprint density at radius 1 is 1.18 bits per heavy atom. The quantitative estimate of drug-likeness (QED) is 0.341. The number of halogens is 1. The van der Waals surface area contributed by atoms with E-state index in [0.29, 0.717) is 11.4 Å². The van der Waals surface area contributed by atoms with E-state index in [2.05, 4.69) is 15.3 Å². The van der Waals surface area contributed by atoms with Gasteiger partial charge in [0.05, 0.1) is 13.2 Å². The molecule has 9 heteroatoms. The summed E-state index contributed by atoms with van der Waals surface area (Å²) in [5.74, 6) is -0.899. The van der Waals surface area contributed by atoms with Gasteiger partial charge in [0.2, 0.25) is 5.89 Å². The Kier molecular flexibility index (Phi) is 6.76. The largest absolute Gasteiger partial charge is 0.467 e. The lowest BCUT2D eigenvalue weighted by Crippen LogP contribution is -2.43. The molecule has 0 spiro atoms. The first-order valence-corrected chi connectivity index (χ1v) is 10.7. The van der Waals surface area contributed by atoms with Crippen molar-refractivity contribution in [1.82, 2.24) is 15.3 Å². The Labute approximate surface area is 195 Å². The zero-order valence-electron chi connectivity index (χ0n) is 17.9. The lowest BCUT2D eigenvalue weighted by atomic mass is 10.1. The third kappa shape index (κ3) is 5.24. The number of carbonyl (C=O) groups excluding carboxylic acids is 2. The third-order valence-electron chi connectivity index (χ3n) is 5.33. The molecule has 2 unspecified atom stereocenters. The number of rotatable bonds is 8. The van der Waals surface area contributed by atoms with E-state index in [0.717, 1.165) is 22.0 Å². The number of ether oxygens (including phenoxy) is 1. The second-order valence-electron chi connectivity index (χ2n) is 7.62. The van der Waals surface area contributed by atoms with Crippen LogP contribution in [0.25, 0.3) is 10.9 Å². The molecule has 0 aliphatic rings. The molecule has 0 fully saturated rings. The van der Waals surface area contributed by atoms with Gasteiger partial charge in [-0.3, -0.25) is 4.79 Å². The number of aromatic nitrogens is 2. The average Bonchev–Trinajstić information content (AvgIpc) is 3.47. The molecule has 2 aromatic carbocycles. The Balaban J connectivity index is 1.44. The predicted octanol–water partition coefficient (Wildman–Crippen LogP) is 3.57. The third-order valence-corrected chi connectivity index (χ3v) is 5.58. The normalized spacial score (nSPS) is 12.9. The number of benzene rings is 2. The summed E-state index contributed by atoms with van der Waals surface area (Å²) >= 11 is 5.91. The summed E-state index contributed by atoms with van der Waals surface area (Å²) in [6.07, 6.45) is 3.85. The van der Waals surface area contributed by atoms with Crippen molar-refractivity contribution in [2.45, 2.75) is 24.9 Å². The van der Waals surface area contributed by atoms with Gasteiger partial charge < -0.3 is 25.2 Å². The second-order valence-corrected chi connectivity index (χ2v) is 8.06. The number of nitrogens with two attached hydrogens (primary N) is 1. The molecule has 1 amide bonds. The molecule has 170 valence electrons. The number of hydrogen-bond acceptors (Lipinski definition) is 6. The highest BCUT2D eigenvalue weighted by molar-refractivity contribution is 6.30. The van der Waals surface area contributed by atoms with Crippen molar-refractivity contribution in [1.29, 1.82) is 0 Å². The highest BCUT2D eigenvalue weighted by Gasteiger charge is 2.25. The Hall–Kier alpha value is -3.62. The van der Waals surface area contributed by atoms with Gasteiger partial charge in [0.25, 0.3) is 5.91 Å². The number of esters is 1. The summed E-state index contributed by atoms with van der Waals surface area (Å²) in [4.78, 5) is 32.4. The Morgan fingerprint density at radius 3 is 2.70 bits per heavy atom. The summed E-state index contributed by atoms with van der Waals surface area (Å²) in [5.41, 5.74) is 9.18. The summed E-state index contributed by atoms with van der Waals surface area (Å²) in [6, 6.07) is 13.5. The molecular weight excluding hydrogens is 444 g/mol. The topological polar surface area (TPSA) is 123 Å². The zero-order chi connectivity index (χ0) is 23.4.